The first kappa shape index (κ1) is 18.6. The smallest absolute Gasteiger partial charge is 0.180 e. The molecule has 1 fully saturated rings. The summed E-state index contributed by atoms with van der Waals surface area (Å²) in [7, 11) is 0. The third kappa shape index (κ3) is 3.92. The second-order valence-electron chi connectivity index (χ2n) is 7.41. The number of hydrogen-bond donors (Lipinski definition) is 1. The number of rotatable bonds is 6. The highest BCUT2D eigenvalue weighted by molar-refractivity contribution is 5.56. The summed E-state index contributed by atoms with van der Waals surface area (Å²) in [4.78, 5) is 16.3. The van der Waals surface area contributed by atoms with Crippen LogP contribution in [0.15, 0.2) is 40.9 Å². The van der Waals surface area contributed by atoms with E-state index < -0.39 is 0 Å². The van der Waals surface area contributed by atoms with Crippen molar-refractivity contribution in [2.24, 2.45) is 0 Å². The summed E-state index contributed by atoms with van der Waals surface area (Å²) in [5.41, 5.74) is 2.81. The number of anilines is 1. The van der Waals surface area contributed by atoms with Gasteiger partial charge in [-0.05, 0) is 71.0 Å². The monoisotopic (exact) mass is 377 g/mol. The van der Waals surface area contributed by atoms with Gasteiger partial charge in [-0.2, -0.15) is 0 Å². The Kier molecular flexibility index (Phi) is 5.39. The summed E-state index contributed by atoms with van der Waals surface area (Å²) >= 11 is 0. The summed E-state index contributed by atoms with van der Waals surface area (Å²) in [6, 6.07) is 10.1. The van der Waals surface area contributed by atoms with E-state index in [1.807, 2.05) is 38.1 Å². The van der Waals surface area contributed by atoms with Crippen LogP contribution in [-0.2, 0) is 0 Å². The minimum absolute atomic E-state index is 0.198. The van der Waals surface area contributed by atoms with Crippen LogP contribution in [-0.4, -0.2) is 39.5 Å². The van der Waals surface area contributed by atoms with E-state index in [9.17, 15) is 0 Å². The van der Waals surface area contributed by atoms with Crippen LogP contribution in [0.1, 0.15) is 41.7 Å². The standard InChI is InChI=1S/C22H27N5O/c1-15-9-10-20(28-15)19(27-12-6-7-13-27)14-24-21-16(2)17(3)25-22(26-21)18-8-4-5-11-23-18/h4-5,8-11,19H,6-7,12-14H2,1-3H3,(H,24,25,26). The van der Waals surface area contributed by atoms with Gasteiger partial charge in [0.1, 0.15) is 23.0 Å². The molecule has 6 heteroatoms. The van der Waals surface area contributed by atoms with Crippen molar-refractivity contribution in [1.82, 2.24) is 19.9 Å². The molecule has 0 saturated carbocycles. The Morgan fingerprint density at radius 1 is 1.07 bits per heavy atom. The molecule has 1 atom stereocenters. The number of pyridine rings is 1. The molecule has 0 aromatic carbocycles. The zero-order valence-electron chi connectivity index (χ0n) is 16.8. The first-order valence-electron chi connectivity index (χ1n) is 9.92. The van der Waals surface area contributed by atoms with Crippen LogP contribution >= 0.6 is 0 Å². The van der Waals surface area contributed by atoms with Gasteiger partial charge in [0, 0.05) is 24.0 Å². The molecule has 1 N–H and O–H groups in total. The first-order chi connectivity index (χ1) is 13.6. The number of nitrogens with one attached hydrogen (secondary N) is 1. The molecule has 3 aromatic heterocycles. The van der Waals surface area contributed by atoms with Gasteiger partial charge in [0.2, 0.25) is 0 Å². The van der Waals surface area contributed by atoms with Crippen LogP contribution in [0.5, 0.6) is 0 Å². The lowest BCUT2D eigenvalue weighted by Gasteiger charge is -2.26. The molecule has 4 rings (SSSR count). The van der Waals surface area contributed by atoms with E-state index in [4.69, 9.17) is 9.40 Å². The van der Waals surface area contributed by atoms with E-state index in [1.165, 1.54) is 12.8 Å². The minimum atomic E-state index is 0.198. The molecule has 1 saturated heterocycles. The molecule has 0 amide bonds. The average molecular weight is 377 g/mol. The maximum Gasteiger partial charge on any atom is 0.180 e. The number of aromatic nitrogens is 3. The van der Waals surface area contributed by atoms with Crippen molar-refractivity contribution in [3.8, 4) is 11.5 Å². The normalized spacial score (nSPS) is 15.7. The molecule has 0 radical (unpaired) electrons. The quantitative estimate of drug-likeness (QED) is 0.691. The molecule has 1 aliphatic rings. The van der Waals surface area contributed by atoms with Gasteiger partial charge in [0.25, 0.3) is 0 Å². The lowest BCUT2D eigenvalue weighted by Crippen LogP contribution is -2.31. The topological polar surface area (TPSA) is 67.1 Å². The van der Waals surface area contributed by atoms with Gasteiger partial charge < -0.3 is 9.73 Å². The van der Waals surface area contributed by atoms with E-state index >= 15 is 0 Å². The predicted octanol–water partition coefficient (Wildman–Crippen LogP) is 4.31. The van der Waals surface area contributed by atoms with Gasteiger partial charge in [-0.25, -0.2) is 9.97 Å². The van der Waals surface area contributed by atoms with Gasteiger partial charge in [-0.15, -0.1) is 0 Å². The number of nitrogens with zero attached hydrogens (tertiary/aromatic N) is 4. The third-order valence-electron chi connectivity index (χ3n) is 5.42. The summed E-state index contributed by atoms with van der Waals surface area (Å²) in [5.74, 6) is 3.48. The van der Waals surface area contributed by atoms with Crippen LogP contribution < -0.4 is 5.32 Å². The molecule has 0 bridgehead atoms. The van der Waals surface area contributed by atoms with Crippen LogP contribution in [0.25, 0.3) is 11.5 Å². The fourth-order valence-corrected chi connectivity index (χ4v) is 3.70. The molecule has 28 heavy (non-hydrogen) atoms. The Bertz CT molecular complexity index is 931. The predicted molar refractivity (Wildman–Crippen MR) is 110 cm³/mol. The highest BCUT2D eigenvalue weighted by atomic mass is 16.3. The summed E-state index contributed by atoms with van der Waals surface area (Å²) in [6.07, 6.45) is 4.25. The number of aryl methyl sites for hydroxylation is 2. The molecule has 1 unspecified atom stereocenters. The van der Waals surface area contributed by atoms with Gasteiger partial charge in [0.05, 0.1) is 6.04 Å². The SMILES string of the molecule is Cc1ccc(C(CNc2nc(-c3ccccn3)nc(C)c2C)N2CCCC2)o1. The Morgan fingerprint density at radius 2 is 1.89 bits per heavy atom. The van der Waals surface area contributed by atoms with Crippen LogP contribution in [0.2, 0.25) is 0 Å². The lowest BCUT2D eigenvalue weighted by atomic mass is 10.1. The molecule has 4 heterocycles. The number of furan rings is 1. The molecule has 146 valence electrons. The molecule has 1 aliphatic heterocycles. The van der Waals surface area contributed by atoms with Crippen molar-refractivity contribution in [2.45, 2.75) is 39.7 Å². The molecular weight excluding hydrogens is 350 g/mol. The van der Waals surface area contributed by atoms with E-state index in [0.29, 0.717) is 5.82 Å². The molecule has 0 aliphatic carbocycles. The van der Waals surface area contributed by atoms with Crippen molar-refractivity contribution < 1.29 is 4.42 Å². The van der Waals surface area contributed by atoms with Crippen LogP contribution in [0.4, 0.5) is 5.82 Å². The number of hydrogen-bond acceptors (Lipinski definition) is 6. The largest absolute Gasteiger partial charge is 0.465 e. The number of likely N-dealkylation sites (tertiary alicyclic amines) is 1. The summed E-state index contributed by atoms with van der Waals surface area (Å²) < 4.78 is 5.97. The Hall–Kier alpha value is -2.73. The zero-order valence-corrected chi connectivity index (χ0v) is 16.8. The average Bonchev–Trinajstić information content (AvgIpc) is 3.38. The van der Waals surface area contributed by atoms with Gasteiger partial charge >= 0.3 is 0 Å². The maximum atomic E-state index is 5.97. The van der Waals surface area contributed by atoms with Gasteiger partial charge in [0.15, 0.2) is 5.82 Å². The van der Waals surface area contributed by atoms with Crippen molar-refractivity contribution in [1.29, 1.82) is 0 Å². The molecular formula is C22H27N5O. The van der Waals surface area contributed by atoms with E-state index in [0.717, 1.165) is 53.9 Å². The molecule has 6 nitrogen and oxygen atoms in total. The van der Waals surface area contributed by atoms with E-state index in [-0.39, 0.29) is 6.04 Å². The van der Waals surface area contributed by atoms with Crippen LogP contribution in [0, 0.1) is 20.8 Å². The highest BCUT2D eigenvalue weighted by Gasteiger charge is 2.26. The molecule has 3 aromatic rings. The Morgan fingerprint density at radius 3 is 2.57 bits per heavy atom. The summed E-state index contributed by atoms with van der Waals surface area (Å²) in [6.45, 7) is 9.02. The van der Waals surface area contributed by atoms with Crippen LogP contribution in [0.3, 0.4) is 0 Å². The van der Waals surface area contributed by atoms with Crippen molar-refractivity contribution in [3.63, 3.8) is 0 Å². The van der Waals surface area contributed by atoms with Crippen molar-refractivity contribution in [2.75, 3.05) is 25.0 Å². The highest BCUT2D eigenvalue weighted by Crippen LogP contribution is 2.28. The van der Waals surface area contributed by atoms with Gasteiger partial charge in [-0.1, -0.05) is 6.07 Å². The Balaban J connectivity index is 1.59. The maximum absolute atomic E-state index is 5.97. The lowest BCUT2D eigenvalue weighted by molar-refractivity contribution is 0.223. The van der Waals surface area contributed by atoms with Gasteiger partial charge in [-0.3, -0.25) is 9.88 Å². The minimum Gasteiger partial charge on any atom is -0.465 e. The fourth-order valence-electron chi connectivity index (χ4n) is 3.70. The third-order valence-corrected chi connectivity index (χ3v) is 5.42. The van der Waals surface area contributed by atoms with Crippen molar-refractivity contribution in [3.05, 3.63) is 59.3 Å². The summed E-state index contributed by atoms with van der Waals surface area (Å²) in [5, 5.41) is 3.57. The van der Waals surface area contributed by atoms with Crippen molar-refractivity contribution >= 4 is 5.82 Å². The molecule has 0 spiro atoms. The Labute approximate surface area is 166 Å². The zero-order chi connectivity index (χ0) is 19.5. The fraction of sp³-hybridized carbons (Fsp3) is 0.409. The van der Waals surface area contributed by atoms with E-state index in [1.54, 1.807) is 6.20 Å². The second-order valence-corrected chi connectivity index (χ2v) is 7.41. The first-order valence-corrected chi connectivity index (χ1v) is 9.92. The second kappa shape index (κ2) is 8.10. The van der Waals surface area contributed by atoms with E-state index in [2.05, 4.69) is 33.2 Å².